The lowest BCUT2D eigenvalue weighted by Crippen LogP contribution is -2.36. The van der Waals surface area contributed by atoms with Gasteiger partial charge in [0.1, 0.15) is 10.6 Å². The van der Waals surface area contributed by atoms with E-state index >= 15 is 0 Å². The monoisotopic (exact) mass is 344 g/mol. The third kappa shape index (κ3) is 5.03. The zero-order valence-electron chi connectivity index (χ0n) is 12.5. The number of benzene rings is 1. The maximum Gasteiger partial charge on any atom is 0.246 e. The molecule has 9 heteroatoms. The smallest absolute Gasteiger partial charge is 0.246 e. The van der Waals surface area contributed by atoms with Crippen molar-refractivity contribution >= 4 is 22.1 Å². The van der Waals surface area contributed by atoms with Crippen LogP contribution in [0, 0.1) is 0 Å². The van der Waals surface area contributed by atoms with Gasteiger partial charge in [0.15, 0.2) is 0 Å². The van der Waals surface area contributed by atoms with Gasteiger partial charge in [-0.3, -0.25) is 0 Å². The lowest BCUT2D eigenvalue weighted by Gasteiger charge is -2.21. The molecule has 1 rings (SSSR count). The van der Waals surface area contributed by atoms with E-state index in [1.807, 2.05) is 0 Å². The third-order valence-electron chi connectivity index (χ3n) is 2.92. The Hall–Kier alpha value is -1.94. The van der Waals surface area contributed by atoms with Crippen molar-refractivity contribution in [2.75, 3.05) is 33.4 Å². The molecule has 23 heavy (non-hydrogen) atoms. The summed E-state index contributed by atoms with van der Waals surface area (Å²) in [6.07, 6.45) is 1.97. The van der Waals surface area contributed by atoms with Crippen molar-refractivity contribution in [2.24, 2.45) is 0 Å². The van der Waals surface area contributed by atoms with Crippen LogP contribution < -0.4 is 9.84 Å². The van der Waals surface area contributed by atoms with E-state index in [4.69, 9.17) is 14.9 Å². The number of carboxylic acid groups (broad SMARTS) is 1. The number of rotatable bonds is 9. The summed E-state index contributed by atoms with van der Waals surface area (Å²) < 4.78 is 31.3. The summed E-state index contributed by atoms with van der Waals surface area (Å²) in [5.74, 6) is -1.34. The second-order valence-electron chi connectivity index (χ2n) is 4.41. The minimum Gasteiger partial charge on any atom is -0.545 e. The third-order valence-corrected chi connectivity index (χ3v) is 4.84. The Morgan fingerprint density at radius 3 is 2.39 bits per heavy atom. The highest BCUT2D eigenvalue weighted by atomic mass is 32.2. The fraction of sp³-hybridized carbons (Fsp3) is 0.357. The molecule has 0 aliphatic heterocycles. The molecule has 128 valence electrons. The van der Waals surface area contributed by atoms with Crippen LogP contribution >= 0.6 is 0 Å². The molecule has 0 unspecified atom stereocenters. The second kappa shape index (κ2) is 8.63. The van der Waals surface area contributed by atoms with Gasteiger partial charge in [-0.1, -0.05) is 12.1 Å². The minimum atomic E-state index is -4.04. The van der Waals surface area contributed by atoms with E-state index in [-0.39, 0.29) is 23.7 Å². The van der Waals surface area contributed by atoms with E-state index in [1.54, 1.807) is 0 Å². The van der Waals surface area contributed by atoms with Crippen LogP contribution in [0.5, 0.6) is 5.75 Å². The maximum atomic E-state index is 12.7. The first kappa shape index (κ1) is 19.1. The molecule has 1 aromatic rings. The number of aliphatic hydroxyl groups excluding tert-OH is 2. The van der Waals surface area contributed by atoms with Gasteiger partial charge in [0, 0.05) is 13.1 Å². The standard InChI is InChI=1S/C14H19NO7S/c1-22-12-4-2-11(3-5-14(18)19)10-13(12)23(20,21)15(6-8-16)7-9-17/h2-5,10,16-17H,6-9H2,1H3,(H,18,19)/p-1. The van der Waals surface area contributed by atoms with Gasteiger partial charge in [0.25, 0.3) is 0 Å². The molecule has 0 saturated carbocycles. The quantitative estimate of drug-likeness (QED) is 0.518. The number of carbonyl (C=O) groups is 1. The number of aliphatic hydroxyl groups is 2. The normalized spacial score (nSPS) is 12.0. The Labute approximate surface area is 134 Å². The molecule has 0 spiro atoms. The van der Waals surface area contributed by atoms with Crippen molar-refractivity contribution < 1.29 is 33.3 Å². The van der Waals surface area contributed by atoms with Crippen LogP contribution in [0.1, 0.15) is 5.56 Å². The van der Waals surface area contributed by atoms with Crippen molar-refractivity contribution in [3.63, 3.8) is 0 Å². The zero-order valence-corrected chi connectivity index (χ0v) is 13.3. The van der Waals surface area contributed by atoms with Crippen molar-refractivity contribution in [3.05, 3.63) is 29.8 Å². The van der Waals surface area contributed by atoms with E-state index in [1.165, 1.54) is 31.4 Å². The summed E-state index contributed by atoms with van der Waals surface area (Å²) in [7, 11) is -2.74. The number of carboxylic acids is 1. The summed E-state index contributed by atoms with van der Waals surface area (Å²) in [5, 5.41) is 28.4. The molecule has 0 aromatic heterocycles. The number of ether oxygens (including phenoxy) is 1. The molecule has 0 aliphatic carbocycles. The first-order valence-electron chi connectivity index (χ1n) is 6.65. The number of hydrogen-bond acceptors (Lipinski definition) is 7. The van der Waals surface area contributed by atoms with Crippen molar-refractivity contribution in [1.82, 2.24) is 4.31 Å². The first-order valence-corrected chi connectivity index (χ1v) is 8.09. The predicted octanol–water partition coefficient (Wildman–Crippen LogP) is -1.57. The van der Waals surface area contributed by atoms with Gasteiger partial charge in [0.2, 0.25) is 10.0 Å². The van der Waals surface area contributed by atoms with E-state index in [2.05, 4.69) is 0 Å². The van der Waals surface area contributed by atoms with E-state index in [9.17, 15) is 18.3 Å². The molecule has 8 nitrogen and oxygen atoms in total. The largest absolute Gasteiger partial charge is 0.545 e. The number of hydrogen-bond donors (Lipinski definition) is 2. The highest BCUT2D eigenvalue weighted by Gasteiger charge is 2.27. The van der Waals surface area contributed by atoms with Crippen LogP contribution in [0.25, 0.3) is 6.08 Å². The molecule has 0 fully saturated rings. The Morgan fingerprint density at radius 2 is 1.91 bits per heavy atom. The van der Waals surface area contributed by atoms with Gasteiger partial charge in [-0.2, -0.15) is 4.31 Å². The molecule has 2 N–H and O–H groups in total. The highest BCUT2D eigenvalue weighted by Crippen LogP contribution is 2.28. The van der Waals surface area contributed by atoms with E-state index in [0.29, 0.717) is 5.56 Å². The molecular weight excluding hydrogens is 326 g/mol. The fourth-order valence-corrected chi connectivity index (χ4v) is 3.49. The second-order valence-corrected chi connectivity index (χ2v) is 6.32. The number of aliphatic carboxylic acids is 1. The lowest BCUT2D eigenvalue weighted by atomic mass is 10.2. The summed E-state index contributed by atoms with van der Waals surface area (Å²) >= 11 is 0. The van der Waals surface area contributed by atoms with Gasteiger partial charge in [-0.05, 0) is 23.8 Å². The SMILES string of the molecule is COc1ccc(C=CC(=O)[O-])cc1S(=O)(=O)N(CCO)CCO. The number of carbonyl (C=O) groups excluding carboxylic acids is 1. The topological polar surface area (TPSA) is 127 Å². The van der Waals surface area contributed by atoms with Gasteiger partial charge in [-0.15, -0.1) is 0 Å². The van der Waals surface area contributed by atoms with Gasteiger partial charge in [-0.25, -0.2) is 8.42 Å². The molecule has 1 aromatic carbocycles. The Bertz CT molecular complexity index is 664. The molecule has 0 heterocycles. The summed E-state index contributed by atoms with van der Waals surface area (Å²) in [5.41, 5.74) is 0.321. The van der Waals surface area contributed by atoms with Crippen LogP contribution in [0.15, 0.2) is 29.2 Å². The maximum absolute atomic E-state index is 12.7. The average molecular weight is 344 g/mol. The predicted molar refractivity (Wildman–Crippen MR) is 80.0 cm³/mol. The molecule has 0 aliphatic rings. The minimum absolute atomic E-state index is 0.0662. The van der Waals surface area contributed by atoms with Crippen molar-refractivity contribution in [2.45, 2.75) is 4.90 Å². The van der Waals surface area contributed by atoms with Crippen LogP contribution in [0.2, 0.25) is 0 Å². The lowest BCUT2D eigenvalue weighted by molar-refractivity contribution is -0.297. The summed E-state index contributed by atoms with van der Waals surface area (Å²) in [6, 6.07) is 4.12. The number of methoxy groups -OCH3 is 1. The molecule has 0 radical (unpaired) electrons. The Balaban J connectivity index is 3.35. The Morgan fingerprint density at radius 1 is 1.30 bits per heavy atom. The van der Waals surface area contributed by atoms with Gasteiger partial charge < -0.3 is 24.9 Å². The number of sulfonamides is 1. The number of nitrogens with zero attached hydrogens (tertiary/aromatic N) is 1. The molecular formula is C14H18NO7S-. The van der Waals surface area contributed by atoms with E-state index < -0.39 is 29.2 Å². The Kier molecular flexibility index (Phi) is 7.17. The zero-order chi connectivity index (χ0) is 17.5. The summed E-state index contributed by atoms with van der Waals surface area (Å²) in [4.78, 5) is 10.3. The highest BCUT2D eigenvalue weighted by molar-refractivity contribution is 7.89. The molecule has 0 saturated heterocycles. The molecule has 0 amide bonds. The fourth-order valence-electron chi connectivity index (χ4n) is 1.88. The van der Waals surface area contributed by atoms with Crippen molar-refractivity contribution in [3.8, 4) is 5.75 Å². The van der Waals surface area contributed by atoms with Crippen LogP contribution in [-0.4, -0.2) is 62.3 Å². The molecule has 0 atom stereocenters. The van der Waals surface area contributed by atoms with Gasteiger partial charge >= 0.3 is 0 Å². The van der Waals surface area contributed by atoms with Gasteiger partial charge in [0.05, 0.1) is 26.3 Å². The average Bonchev–Trinajstić information content (AvgIpc) is 2.52. The molecule has 0 bridgehead atoms. The van der Waals surface area contributed by atoms with Crippen LogP contribution in [0.3, 0.4) is 0 Å². The summed E-state index contributed by atoms with van der Waals surface area (Å²) in [6.45, 7) is -1.20. The van der Waals surface area contributed by atoms with Crippen LogP contribution in [0.4, 0.5) is 0 Å². The van der Waals surface area contributed by atoms with E-state index in [0.717, 1.165) is 10.4 Å². The first-order chi connectivity index (χ1) is 10.9. The van der Waals surface area contributed by atoms with Crippen LogP contribution in [-0.2, 0) is 14.8 Å². The van der Waals surface area contributed by atoms with Crippen molar-refractivity contribution in [1.29, 1.82) is 0 Å².